The molecule has 7 nitrogen and oxygen atoms in total. The second kappa shape index (κ2) is 12.6. The van der Waals surface area contributed by atoms with E-state index in [2.05, 4.69) is 46.4 Å². The van der Waals surface area contributed by atoms with Crippen LogP contribution in [0.1, 0.15) is 22.8 Å². The molecule has 3 N–H and O–H groups in total. The van der Waals surface area contributed by atoms with E-state index in [1.807, 2.05) is 109 Å². The molecule has 0 fully saturated rings. The van der Waals surface area contributed by atoms with Gasteiger partial charge < -0.3 is 9.97 Å². The van der Waals surface area contributed by atoms with Crippen molar-refractivity contribution < 1.29 is 13.0 Å². The minimum atomic E-state index is -4.45. The Balaban J connectivity index is 1.48. The van der Waals surface area contributed by atoms with Crippen molar-refractivity contribution in [3.8, 4) is 44.5 Å². The van der Waals surface area contributed by atoms with Crippen LogP contribution in [0.4, 0.5) is 0 Å². The molecule has 0 amide bonds. The Morgan fingerprint density at radius 1 is 0.404 bits per heavy atom. The molecule has 2 aliphatic rings. The lowest BCUT2D eigenvalue weighted by Gasteiger charge is -2.07. The van der Waals surface area contributed by atoms with Gasteiger partial charge in [-0.05, 0) is 83.0 Å². The average molecular weight is 695 g/mol. The zero-order chi connectivity index (χ0) is 35.2. The second-order valence-corrected chi connectivity index (χ2v) is 14.0. The zero-order valence-corrected chi connectivity index (χ0v) is 28.5. The largest absolute Gasteiger partial charge is 0.354 e. The van der Waals surface area contributed by atoms with Gasteiger partial charge in [-0.15, -0.1) is 0 Å². The lowest BCUT2D eigenvalue weighted by Crippen LogP contribution is -1.97. The first kappa shape index (κ1) is 31.4. The SMILES string of the molecule is O=S(=O)(O)c1cccc(-c2c3ccc([nH]3)c(-c3ccccc3)c3nc(c(-c4ccccc4)c4nc(c(-c5ccccc5)c5ccc2[nH]5)C=C4)C=C3)c1. The summed E-state index contributed by atoms with van der Waals surface area (Å²) in [7, 11) is -4.45. The van der Waals surface area contributed by atoms with Crippen molar-refractivity contribution in [2.75, 3.05) is 0 Å². The topological polar surface area (TPSA) is 112 Å². The summed E-state index contributed by atoms with van der Waals surface area (Å²) in [4.78, 5) is 17.7. The Bertz CT molecular complexity index is 2720. The van der Waals surface area contributed by atoms with E-state index in [0.29, 0.717) is 5.56 Å². The third-order valence-electron chi connectivity index (χ3n) is 9.36. The molecular formula is C44H30N4O3S. The molecule has 0 aliphatic carbocycles. The van der Waals surface area contributed by atoms with Crippen LogP contribution in [-0.2, 0) is 10.1 Å². The molecular weight excluding hydrogens is 665 g/mol. The summed E-state index contributed by atoms with van der Waals surface area (Å²) in [6, 6.07) is 44.9. The van der Waals surface area contributed by atoms with Crippen LogP contribution in [0.5, 0.6) is 0 Å². The van der Waals surface area contributed by atoms with Crippen LogP contribution in [0.2, 0.25) is 0 Å². The first-order valence-electron chi connectivity index (χ1n) is 16.8. The first-order valence-corrected chi connectivity index (χ1v) is 18.3. The van der Waals surface area contributed by atoms with Crippen LogP contribution in [0.3, 0.4) is 0 Å². The molecule has 8 bridgehead atoms. The second-order valence-electron chi connectivity index (χ2n) is 12.6. The average Bonchev–Trinajstić information content (AvgIpc) is 4.01. The smallest absolute Gasteiger partial charge is 0.294 e. The minimum Gasteiger partial charge on any atom is -0.354 e. The first-order chi connectivity index (χ1) is 25.4. The van der Waals surface area contributed by atoms with Gasteiger partial charge in [-0.25, -0.2) is 9.97 Å². The summed E-state index contributed by atoms with van der Waals surface area (Å²) >= 11 is 0. The van der Waals surface area contributed by atoms with Gasteiger partial charge in [0, 0.05) is 44.3 Å². The molecule has 7 aromatic rings. The number of H-pyrrole nitrogens is 2. The highest BCUT2D eigenvalue weighted by Crippen LogP contribution is 2.38. The fraction of sp³-hybridized carbons (Fsp3) is 0. The van der Waals surface area contributed by atoms with E-state index in [1.54, 1.807) is 6.07 Å². The number of aromatic nitrogens is 4. The molecule has 0 unspecified atom stereocenters. The fourth-order valence-corrected chi connectivity index (χ4v) is 7.57. The lowest BCUT2D eigenvalue weighted by molar-refractivity contribution is 0.483. The summed E-state index contributed by atoms with van der Waals surface area (Å²) in [5.74, 6) is 0. The number of nitrogens with zero attached hydrogens (tertiary/aromatic N) is 2. The van der Waals surface area contributed by atoms with Gasteiger partial charge in [0.05, 0.1) is 27.7 Å². The summed E-state index contributed by atoms with van der Waals surface area (Å²) < 4.78 is 34.6. The van der Waals surface area contributed by atoms with Crippen LogP contribution >= 0.6 is 0 Å². The van der Waals surface area contributed by atoms with E-state index in [0.717, 1.165) is 83.8 Å². The van der Waals surface area contributed by atoms with E-state index in [4.69, 9.17) is 9.97 Å². The van der Waals surface area contributed by atoms with Crippen molar-refractivity contribution >= 4 is 56.5 Å². The number of benzene rings is 4. The highest BCUT2D eigenvalue weighted by molar-refractivity contribution is 7.85. The third-order valence-corrected chi connectivity index (χ3v) is 10.2. The van der Waals surface area contributed by atoms with Crippen LogP contribution in [0.15, 0.2) is 144 Å². The number of nitrogens with one attached hydrogen (secondary N) is 2. The van der Waals surface area contributed by atoms with Crippen LogP contribution < -0.4 is 0 Å². The Morgan fingerprint density at radius 3 is 1.19 bits per heavy atom. The summed E-state index contributed by atoms with van der Waals surface area (Å²) in [5, 5.41) is 0. The van der Waals surface area contributed by atoms with E-state index < -0.39 is 10.1 Å². The normalized spacial score (nSPS) is 12.3. The number of hydrogen-bond acceptors (Lipinski definition) is 4. The van der Waals surface area contributed by atoms with E-state index in [-0.39, 0.29) is 4.90 Å². The van der Waals surface area contributed by atoms with Gasteiger partial charge in [0.25, 0.3) is 10.1 Å². The number of fused-ring (bicyclic) bond motifs is 8. The molecule has 250 valence electrons. The van der Waals surface area contributed by atoms with E-state index in [9.17, 15) is 13.0 Å². The van der Waals surface area contributed by atoms with Gasteiger partial charge in [-0.3, -0.25) is 4.55 Å². The highest BCUT2D eigenvalue weighted by atomic mass is 32.2. The Labute approximate surface area is 300 Å². The quantitative estimate of drug-likeness (QED) is 0.155. The molecule has 9 rings (SSSR count). The molecule has 4 aromatic carbocycles. The Hall–Kier alpha value is -6.61. The Kier molecular flexibility index (Phi) is 7.61. The molecule has 0 atom stereocenters. The standard InChI is InChI=1S/C44H30N4O3S/c49-52(50,51)32-18-10-17-31(27-32)44-39-25-23-37(47-39)42(29-13-6-2-7-14-29)35-21-19-33(45-35)41(28-11-4-1-5-12-28)34-20-22-36(46-34)43(30-15-8-3-9-16-30)38-24-26-40(44)48-38/h1-27,47-48H,(H,49,50,51). The molecule has 3 aromatic heterocycles. The van der Waals surface area contributed by atoms with Crippen LogP contribution in [-0.4, -0.2) is 32.9 Å². The van der Waals surface area contributed by atoms with E-state index in [1.165, 1.54) is 12.1 Å². The van der Waals surface area contributed by atoms with Gasteiger partial charge in [0.1, 0.15) is 0 Å². The fourth-order valence-electron chi connectivity index (χ4n) is 7.05. The van der Waals surface area contributed by atoms with Crippen molar-refractivity contribution in [3.63, 3.8) is 0 Å². The van der Waals surface area contributed by atoms with Gasteiger partial charge in [-0.1, -0.05) is 103 Å². The zero-order valence-electron chi connectivity index (χ0n) is 27.7. The third kappa shape index (κ3) is 5.66. The van der Waals surface area contributed by atoms with E-state index >= 15 is 0 Å². The van der Waals surface area contributed by atoms with Crippen molar-refractivity contribution in [1.29, 1.82) is 0 Å². The van der Waals surface area contributed by atoms with Crippen molar-refractivity contribution in [3.05, 3.63) is 162 Å². The summed E-state index contributed by atoms with van der Waals surface area (Å²) in [6.07, 6.45) is 8.19. The van der Waals surface area contributed by atoms with Crippen LogP contribution in [0.25, 0.3) is 90.9 Å². The molecule has 0 spiro atoms. The van der Waals surface area contributed by atoms with Gasteiger partial charge >= 0.3 is 0 Å². The number of hydrogen-bond donors (Lipinski definition) is 3. The molecule has 2 aliphatic heterocycles. The van der Waals surface area contributed by atoms with Gasteiger partial charge in [0.15, 0.2) is 0 Å². The molecule has 0 radical (unpaired) electrons. The van der Waals surface area contributed by atoms with Crippen molar-refractivity contribution in [2.24, 2.45) is 0 Å². The van der Waals surface area contributed by atoms with Crippen molar-refractivity contribution in [2.45, 2.75) is 4.90 Å². The Morgan fingerprint density at radius 2 is 0.769 bits per heavy atom. The maximum absolute atomic E-state index is 12.3. The summed E-state index contributed by atoms with van der Waals surface area (Å²) in [5.41, 5.74) is 13.4. The predicted molar refractivity (Wildman–Crippen MR) is 210 cm³/mol. The molecule has 0 saturated carbocycles. The maximum atomic E-state index is 12.3. The molecule has 8 heteroatoms. The lowest BCUT2D eigenvalue weighted by atomic mass is 10.0. The maximum Gasteiger partial charge on any atom is 0.294 e. The molecule has 0 saturated heterocycles. The monoisotopic (exact) mass is 694 g/mol. The predicted octanol–water partition coefficient (Wildman–Crippen LogP) is 10.6. The van der Waals surface area contributed by atoms with Gasteiger partial charge in [-0.2, -0.15) is 8.42 Å². The molecule has 5 heterocycles. The highest BCUT2D eigenvalue weighted by Gasteiger charge is 2.20. The summed E-state index contributed by atoms with van der Waals surface area (Å²) in [6.45, 7) is 0. The minimum absolute atomic E-state index is 0.191. The van der Waals surface area contributed by atoms with Crippen LogP contribution in [0, 0.1) is 0 Å². The van der Waals surface area contributed by atoms with Crippen molar-refractivity contribution in [1.82, 2.24) is 19.9 Å². The molecule has 52 heavy (non-hydrogen) atoms. The number of rotatable bonds is 5. The van der Waals surface area contributed by atoms with Gasteiger partial charge in [0.2, 0.25) is 0 Å². The number of aromatic amines is 2.